The highest BCUT2D eigenvalue weighted by Gasteiger charge is 2.32. The zero-order chi connectivity index (χ0) is 25.2. The number of ketones is 1. The van der Waals surface area contributed by atoms with Gasteiger partial charge in [-0.1, -0.05) is 48.9 Å². The van der Waals surface area contributed by atoms with Crippen LogP contribution in [0.5, 0.6) is 5.75 Å². The quantitative estimate of drug-likeness (QED) is 0.259. The van der Waals surface area contributed by atoms with Crippen LogP contribution < -0.4 is 15.8 Å². The number of para-hydroxylation sites is 1. The summed E-state index contributed by atoms with van der Waals surface area (Å²) in [6.07, 6.45) is 0.735. The van der Waals surface area contributed by atoms with E-state index in [2.05, 4.69) is 5.32 Å². The van der Waals surface area contributed by atoms with E-state index in [-0.39, 0.29) is 25.4 Å². The summed E-state index contributed by atoms with van der Waals surface area (Å²) in [4.78, 5) is 13.4. The average molecular weight is 527 g/mol. The Labute approximate surface area is 213 Å². The second-order valence-corrected chi connectivity index (χ2v) is 11.0. The van der Waals surface area contributed by atoms with E-state index in [4.69, 9.17) is 22.1 Å². The van der Waals surface area contributed by atoms with Crippen molar-refractivity contribution in [3.8, 4) is 5.75 Å². The Morgan fingerprint density at radius 1 is 1.06 bits per heavy atom. The first-order chi connectivity index (χ1) is 16.8. The topological polar surface area (TPSA) is 98.5 Å². The number of ether oxygens (including phenoxy) is 1. The van der Waals surface area contributed by atoms with Crippen molar-refractivity contribution in [2.75, 3.05) is 18.2 Å². The van der Waals surface area contributed by atoms with Crippen LogP contribution in [0.3, 0.4) is 0 Å². The maximum atomic E-state index is 13.7. The van der Waals surface area contributed by atoms with Crippen molar-refractivity contribution in [1.29, 1.82) is 0 Å². The lowest BCUT2D eigenvalue weighted by atomic mass is 10.1. The number of hydrogen-bond donors (Lipinski definition) is 2. The number of aryl methyl sites for hydroxylation is 1. The van der Waals surface area contributed by atoms with Crippen molar-refractivity contribution in [3.05, 3.63) is 93.8 Å². The van der Waals surface area contributed by atoms with Crippen molar-refractivity contribution >= 4 is 54.9 Å². The summed E-state index contributed by atoms with van der Waals surface area (Å²) >= 11 is 6.97. The van der Waals surface area contributed by atoms with Crippen molar-refractivity contribution in [2.45, 2.75) is 23.1 Å². The van der Waals surface area contributed by atoms with Crippen LogP contribution in [0.25, 0.3) is 0 Å². The van der Waals surface area contributed by atoms with Gasteiger partial charge < -0.3 is 15.8 Å². The molecule has 1 aromatic heterocycles. The molecular formula is C26H23ClN2O4S2. The molecule has 0 atom stereocenters. The highest BCUT2D eigenvalue weighted by atomic mass is 35.5. The number of sulfone groups is 1. The van der Waals surface area contributed by atoms with Gasteiger partial charge in [0.15, 0.2) is 0 Å². The SMILES string of the molecule is CCc1ccccc1Nc1sc(C(=O)c2cccc(OC)c2)c(N)c1S(=O)(=O)c1ccc(Cl)cc1. The predicted octanol–water partition coefficient (Wildman–Crippen LogP) is 6.36. The summed E-state index contributed by atoms with van der Waals surface area (Å²) in [7, 11) is -2.57. The Morgan fingerprint density at radius 3 is 2.46 bits per heavy atom. The molecule has 0 fully saturated rings. The van der Waals surface area contributed by atoms with Crippen LogP contribution >= 0.6 is 22.9 Å². The third kappa shape index (κ3) is 4.91. The molecule has 0 aliphatic heterocycles. The van der Waals surface area contributed by atoms with Crippen LogP contribution in [0.1, 0.15) is 27.7 Å². The fourth-order valence-electron chi connectivity index (χ4n) is 3.65. The van der Waals surface area contributed by atoms with E-state index in [0.29, 0.717) is 16.3 Å². The Bertz CT molecular complexity index is 1500. The highest BCUT2D eigenvalue weighted by molar-refractivity contribution is 7.92. The Kier molecular flexibility index (Phi) is 7.16. The van der Waals surface area contributed by atoms with E-state index in [0.717, 1.165) is 29.0 Å². The lowest BCUT2D eigenvalue weighted by molar-refractivity contribution is 0.104. The normalized spacial score (nSPS) is 11.3. The summed E-state index contributed by atoms with van der Waals surface area (Å²) in [5, 5.41) is 3.90. The van der Waals surface area contributed by atoms with E-state index in [1.807, 2.05) is 31.2 Å². The van der Waals surface area contributed by atoms with E-state index >= 15 is 0 Å². The number of nitrogens with two attached hydrogens (primary N) is 1. The first kappa shape index (κ1) is 24.8. The molecule has 6 nitrogen and oxygen atoms in total. The standard InChI is InChI=1S/C26H23ClN2O4S2/c1-3-16-7-4-5-10-21(16)29-26-25(35(31,32)20-13-11-18(27)12-14-20)22(28)24(34-26)23(30)17-8-6-9-19(15-17)33-2/h4-15,29H,3,28H2,1-2H3. The number of hydrogen-bond acceptors (Lipinski definition) is 7. The van der Waals surface area contributed by atoms with Crippen LogP contribution in [-0.4, -0.2) is 21.3 Å². The van der Waals surface area contributed by atoms with Crippen molar-refractivity contribution in [2.24, 2.45) is 0 Å². The summed E-state index contributed by atoms with van der Waals surface area (Å²) < 4.78 is 32.7. The van der Waals surface area contributed by atoms with Crippen LogP contribution in [0.15, 0.2) is 82.6 Å². The molecule has 0 aliphatic rings. The molecule has 180 valence electrons. The lowest BCUT2D eigenvalue weighted by Crippen LogP contribution is -2.08. The lowest BCUT2D eigenvalue weighted by Gasteiger charge is -2.12. The molecule has 0 saturated carbocycles. The van der Waals surface area contributed by atoms with Crippen molar-refractivity contribution < 1.29 is 17.9 Å². The van der Waals surface area contributed by atoms with Gasteiger partial charge in [0.05, 0.1) is 17.7 Å². The molecule has 0 saturated heterocycles. The minimum atomic E-state index is -4.08. The zero-order valence-electron chi connectivity index (χ0n) is 19.0. The largest absolute Gasteiger partial charge is 0.497 e. The number of anilines is 3. The molecule has 3 N–H and O–H groups in total. The molecule has 3 aromatic carbocycles. The number of nitrogen functional groups attached to an aromatic ring is 1. The van der Waals surface area contributed by atoms with Crippen LogP contribution in [0.2, 0.25) is 5.02 Å². The first-order valence-corrected chi connectivity index (χ1v) is 13.4. The molecule has 0 aliphatic carbocycles. The number of halogens is 1. The molecule has 35 heavy (non-hydrogen) atoms. The van der Waals surface area contributed by atoms with E-state index in [1.54, 1.807) is 24.3 Å². The number of methoxy groups -OCH3 is 1. The fourth-order valence-corrected chi connectivity index (χ4v) is 6.70. The molecule has 9 heteroatoms. The molecule has 0 radical (unpaired) electrons. The summed E-state index contributed by atoms with van der Waals surface area (Å²) in [5.41, 5.74) is 8.38. The predicted molar refractivity (Wildman–Crippen MR) is 141 cm³/mol. The summed E-state index contributed by atoms with van der Waals surface area (Å²) in [6.45, 7) is 2.01. The van der Waals surface area contributed by atoms with Crippen LogP contribution in [0.4, 0.5) is 16.4 Å². The number of carbonyl (C=O) groups excluding carboxylic acids is 1. The molecule has 4 aromatic rings. The van der Waals surface area contributed by atoms with Crippen LogP contribution in [-0.2, 0) is 16.3 Å². The van der Waals surface area contributed by atoms with Gasteiger partial charge >= 0.3 is 0 Å². The maximum absolute atomic E-state index is 13.7. The number of rotatable bonds is 8. The average Bonchev–Trinajstić information content (AvgIpc) is 3.20. The molecular weight excluding hydrogens is 504 g/mol. The molecule has 0 bridgehead atoms. The number of nitrogens with one attached hydrogen (secondary N) is 1. The second kappa shape index (κ2) is 10.1. The number of benzene rings is 3. The van der Waals surface area contributed by atoms with E-state index in [9.17, 15) is 13.2 Å². The molecule has 0 amide bonds. The zero-order valence-corrected chi connectivity index (χ0v) is 21.4. The highest BCUT2D eigenvalue weighted by Crippen LogP contribution is 2.44. The van der Waals surface area contributed by atoms with E-state index < -0.39 is 15.6 Å². The van der Waals surface area contributed by atoms with Gasteiger partial charge in [-0.15, -0.1) is 11.3 Å². The van der Waals surface area contributed by atoms with Gasteiger partial charge in [0, 0.05) is 16.3 Å². The summed E-state index contributed by atoms with van der Waals surface area (Å²) in [6, 6.07) is 20.1. The Hall–Kier alpha value is -3.33. The van der Waals surface area contributed by atoms with Crippen molar-refractivity contribution in [3.63, 3.8) is 0 Å². The first-order valence-electron chi connectivity index (χ1n) is 10.7. The Balaban J connectivity index is 1.90. The summed E-state index contributed by atoms with van der Waals surface area (Å²) in [5.74, 6) is 0.117. The van der Waals surface area contributed by atoms with Gasteiger partial charge in [-0.2, -0.15) is 0 Å². The number of carbonyl (C=O) groups is 1. The monoisotopic (exact) mass is 526 g/mol. The smallest absolute Gasteiger partial charge is 0.211 e. The van der Waals surface area contributed by atoms with Gasteiger partial charge in [0.1, 0.15) is 20.5 Å². The molecule has 0 spiro atoms. The third-order valence-corrected chi connectivity index (χ3v) is 8.83. The van der Waals surface area contributed by atoms with Gasteiger partial charge in [-0.3, -0.25) is 4.79 Å². The number of thiophene rings is 1. The minimum Gasteiger partial charge on any atom is -0.497 e. The van der Waals surface area contributed by atoms with Crippen molar-refractivity contribution in [1.82, 2.24) is 0 Å². The van der Waals surface area contributed by atoms with E-state index in [1.165, 1.54) is 31.4 Å². The fraction of sp³-hybridized carbons (Fsp3) is 0.115. The Morgan fingerprint density at radius 2 is 1.77 bits per heavy atom. The van der Waals surface area contributed by atoms with Gasteiger partial charge in [-0.05, 0) is 54.4 Å². The van der Waals surface area contributed by atoms with Gasteiger partial charge in [-0.25, -0.2) is 8.42 Å². The van der Waals surface area contributed by atoms with Gasteiger partial charge in [0.25, 0.3) is 0 Å². The molecule has 1 heterocycles. The third-order valence-electron chi connectivity index (χ3n) is 5.48. The van der Waals surface area contributed by atoms with Gasteiger partial charge in [0.2, 0.25) is 15.6 Å². The van der Waals surface area contributed by atoms with Crippen LogP contribution in [0, 0.1) is 0 Å². The molecule has 4 rings (SSSR count). The molecule has 0 unspecified atom stereocenters. The maximum Gasteiger partial charge on any atom is 0.211 e. The minimum absolute atomic E-state index is 0.0265. The second-order valence-electron chi connectivity index (χ2n) is 7.66.